The third kappa shape index (κ3) is 4.20. The second kappa shape index (κ2) is 5.67. The summed E-state index contributed by atoms with van der Waals surface area (Å²) < 4.78 is 36.4. The number of H-pyrrole nitrogens is 1. The standard InChI is InChI=1S/C8H12F3N5O2/c1-4(3-17)2-12-7(18)14-6-13-5(15-16-6)8(9,10)11/h4,17H,2-3H2,1H3,(H3,12,13,14,15,16,18). The highest BCUT2D eigenvalue weighted by atomic mass is 19.4. The third-order valence-corrected chi connectivity index (χ3v) is 1.90. The maximum absolute atomic E-state index is 12.1. The molecule has 0 aromatic carbocycles. The summed E-state index contributed by atoms with van der Waals surface area (Å²) in [6.45, 7) is 1.76. The number of halogens is 3. The lowest BCUT2D eigenvalue weighted by atomic mass is 10.2. The van der Waals surface area contributed by atoms with Gasteiger partial charge in [0, 0.05) is 13.2 Å². The number of carbonyl (C=O) groups excluding carboxylic acids is 1. The molecule has 1 heterocycles. The van der Waals surface area contributed by atoms with Gasteiger partial charge in [0.1, 0.15) is 0 Å². The number of carbonyl (C=O) groups is 1. The lowest BCUT2D eigenvalue weighted by Crippen LogP contribution is -2.33. The van der Waals surface area contributed by atoms with E-state index in [9.17, 15) is 18.0 Å². The first-order valence-corrected chi connectivity index (χ1v) is 4.98. The molecule has 1 rings (SSSR count). The van der Waals surface area contributed by atoms with Crippen LogP contribution in [-0.4, -0.2) is 39.5 Å². The summed E-state index contributed by atoms with van der Waals surface area (Å²) in [5, 5.41) is 17.9. The Balaban J connectivity index is 2.48. The van der Waals surface area contributed by atoms with Crippen LogP contribution < -0.4 is 10.6 Å². The van der Waals surface area contributed by atoms with E-state index in [-0.39, 0.29) is 19.1 Å². The lowest BCUT2D eigenvalue weighted by molar-refractivity contribution is -0.144. The summed E-state index contributed by atoms with van der Waals surface area (Å²) in [6, 6.07) is -0.747. The smallest absolute Gasteiger partial charge is 0.396 e. The van der Waals surface area contributed by atoms with Crippen molar-refractivity contribution in [3.63, 3.8) is 0 Å². The normalized spacial score (nSPS) is 13.2. The summed E-state index contributed by atoms with van der Waals surface area (Å²) in [5.74, 6) is -1.92. The van der Waals surface area contributed by atoms with Crippen LogP contribution in [0.2, 0.25) is 0 Å². The Bertz CT molecular complexity index is 406. The quantitative estimate of drug-likeness (QED) is 0.640. The maximum Gasteiger partial charge on any atom is 0.451 e. The molecule has 7 nitrogen and oxygen atoms in total. The summed E-state index contributed by atoms with van der Waals surface area (Å²) in [5.41, 5.74) is 0. The molecule has 1 aromatic rings. The number of aliphatic hydroxyl groups is 1. The summed E-state index contributed by atoms with van der Waals surface area (Å²) in [7, 11) is 0. The van der Waals surface area contributed by atoms with Gasteiger partial charge in [0.05, 0.1) is 0 Å². The Kier molecular flexibility index (Phi) is 4.48. The van der Waals surface area contributed by atoms with Crippen LogP contribution in [-0.2, 0) is 6.18 Å². The second-order valence-electron chi connectivity index (χ2n) is 3.63. The molecule has 102 valence electrons. The van der Waals surface area contributed by atoms with Crippen molar-refractivity contribution in [1.82, 2.24) is 20.5 Å². The molecule has 0 aliphatic rings. The van der Waals surface area contributed by atoms with Gasteiger partial charge in [0.25, 0.3) is 0 Å². The molecular formula is C8H12F3N5O2. The van der Waals surface area contributed by atoms with Gasteiger partial charge in [-0.15, -0.1) is 5.10 Å². The fraction of sp³-hybridized carbons (Fsp3) is 0.625. The number of amides is 2. The molecule has 10 heteroatoms. The minimum Gasteiger partial charge on any atom is -0.396 e. The Morgan fingerprint density at radius 3 is 2.72 bits per heavy atom. The number of aromatic nitrogens is 3. The monoisotopic (exact) mass is 267 g/mol. The Labute approximate surface area is 99.8 Å². The van der Waals surface area contributed by atoms with Gasteiger partial charge >= 0.3 is 12.2 Å². The van der Waals surface area contributed by atoms with Crippen LogP contribution in [0.5, 0.6) is 0 Å². The lowest BCUT2D eigenvalue weighted by Gasteiger charge is -2.08. The summed E-state index contributed by atoms with van der Waals surface area (Å²) >= 11 is 0. The number of aromatic amines is 1. The number of urea groups is 1. The van der Waals surface area contributed by atoms with Crippen molar-refractivity contribution in [2.75, 3.05) is 18.5 Å². The molecule has 1 atom stereocenters. The highest BCUT2D eigenvalue weighted by molar-refractivity contribution is 5.87. The van der Waals surface area contributed by atoms with E-state index in [1.807, 2.05) is 5.32 Å². The SMILES string of the molecule is CC(CO)CNC(=O)Nc1n[nH]c(C(F)(F)F)n1. The average molecular weight is 267 g/mol. The van der Waals surface area contributed by atoms with Crippen LogP contribution in [0.1, 0.15) is 12.7 Å². The molecule has 0 radical (unpaired) electrons. The molecule has 1 unspecified atom stereocenters. The van der Waals surface area contributed by atoms with Crippen LogP contribution in [0.25, 0.3) is 0 Å². The zero-order chi connectivity index (χ0) is 13.8. The van der Waals surface area contributed by atoms with Gasteiger partial charge in [-0.25, -0.2) is 4.79 Å². The Morgan fingerprint density at radius 1 is 1.56 bits per heavy atom. The Morgan fingerprint density at radius 2 is 2.22 bits per heavy atom. The number of alkyl halides is 3. The van der Waals surface area contributed by atoms with Crippen LogP contribution in [0.4, 0.5) is 23.9 Å². The first-order valence-electron chi connectivity index (χ1n) is 4.98. The van der Waals surface area contributed by atoms with Crippen molar-refractivity contribution in [2.45, 2.75) is 13.1 Å². The van der Waals surface area contributed by atoms with Gasteiger partial charge in [0.15, 0.2) is 0 Å². The second-order valence-corrected chi connectivity index (χ2v) is 3.63. The van der Waals surface area contributed by atoms with E-state index in [0.717, 1.165) is 0 Å². The largest absolute Gasteiger partial charge is 0.451 e. The van der Waals surface area contributed by atoms with Gasteiger partial charge in [-0.3, -0.25) is 10.4 Å². The molecule has 4 N–H and O–H groups in total. The predicted octanol–water partition coefficient (Wildman–Crippen LogP) is 0.573. The molecule has 0 saturated heterocycles. The molecule has 0 aliphatic carbocycles. The number of aliphatic hydroxyl groups excluding tert-OH is 1. The maximum atomic E-state index is 12.1. The van der Waals surface area contributed by atoms with E-state index in [0.29, 0.717) is 0 Å². The van der Waals surface area contributed by atoms with Crippen molar-refractivity contribution >= 4 is 12.0 Å². The fourth-order valence-electron chi connectivity index (χ4n) is 0.922. The molecular weight excluding hydrogens is 255 g/mol. The molecule has 0 aliphatic heterocycles. The first kappa shape index (κ1) is 14.2. The average Bonchev–Trinajstić information content (AvgIpc) is 2.74. The van der Waals surface area contributed by atoms with Gasteiger partial charge in [-0.05, 0) is 5.92 Å². The van der Waals surface area contributed by atoms with E-state index in [1.54, 1.807) is 12.0 Å². The topological polar surface area (TPSA) is 103 Å². The van der Waals surface area contributed by atoms with Gasteiger partial charge < -0.3 is 10.4 Å². The zero-order valence-corrected chi connectivity index (χ0v) is 9.38. The van der Waals surface area contributed by atoms with Crippen molar-refractivity contribution in [1.29, 1.82) is 0 Å². The minimum atomic E-state index is -4.64. The van der Waals surface area contributed by atoms with Crippen molar-refractivity contribution in [3.8, 4) is 0 Å². The van der Waals surface area contributed by atoms with E-state index >= 15 is 0 Å². The number of nitrogens with one attached hydrogen (secondary N) is 3. The first-order chi connectivity index (χ1) is 8.32. The summed E-state index contributed by atoms with van der Waals surface area (Å²) in [6.07, 6.45) is -4.64. The molecule has 2 amide bonds. The Hall–Kier alpha value is -1.84. The highest BCUT2D eigenvalue weighted by Gasteiger charge is 2.35. The van der Waals surface area contributed by atoms with Crippen molar-refractivity contribution in [3.05, 3.63) is 5.82 Å². The minimum absolute atomic E-state index is 0.112. The molecule has 0 spiro atoms. The van der Waals surface area contributed by atoms with E-state index in [2.05, 4.69) is 15.4 Å². The highest BCUT2D eigenvalue weighted by Crippen LogP contribution is 2.26. The molecule has 1 aromatic heterocycles. The number of hydrogen-bond acceptors (Lipinski definition) is 4. The number of anilines is 1. The van der Waals surface area contributed by atoms with E-state index in [4.69, 9.17) is 5.11 Å². The van der Waals surface area contributed by atoms with Crippen LogP contribution >= 0.6 is 0 Å². The van der Waals surface area contributed by atoms with Gasteiger partial charge in [-0.2, -0.15) is 18.2 Å². The molecule has 0 fully saturated rings. The van der Waals surface area contributed by atoms with E-state index < -0.39 is 24.0 Å². The van der Waals surface area contributed by atoms with E-state index in [1.165, 1.54) is 0 Å². The third-order valence-electron chi connectivity index (χ3n) is 1.90. The van der Waals surface area contributed by atoms with Crippen molar-refractivity contribution in [2.24, 2.45) is 5.92 Å². The van der Waals surface area contributed by atoms with Crippen LogP contribution in [0.3, 0.4) is 0 Å². The molecule has 18 heavy (non-hydrogen) atoms. The number of nitrogens with zero attached hydrogens (tertiary/aromatic N) is 2. The van der Waals surface area contributed by atoms with Crippen LogP contribution in [0, 0.1) is 5.92 Å². The fourth-order valence-corrected chi connectivity index (χ4v) is 0.922. The molecule has 0 saturated carbocycles. The van der Waals surface area contributed by atoms with Gasteiger partial charge in [0.2, 0.25) is 11.8 Å². The zero-order valence-electron chi connectivity index (χ0n) is 9.38. The van der Waals surface area contributed by atoms with Crippen molar-refractivity contribution < 1.29 is 23.1 Å². The predicted molar refractivity (Wildman–Crippen MR) is 54.7 cm³/mol. The number of hydrogen-bond donors (Lipinski definition) is 4. The number of rotatable bonds is 4. The van der Waals surface area contributed by atoms with Crippen LogP contribution in [0.15, 0.2) is 0 Å². The molecule has 0 bridgehead atoms. The van der Waals surface area contributed by atoms with Gasteiger partial charge in [-0.1, -0.05) is 6.92 Å². The summed E-state index contributed by atoms with van der Waals surface area (Å²) in [4.78, 5) is 14.3.